The molecule has 0 spiro atoms. The lowest BCUT2D eigenvalue weighted by Gasteiger charge is -2.07. The van der Waals surface area contributed by atoms with Crippen LogP contribution in [-0.4, -0.2) is 32.2 Å². The lowest BCUT2D eigenvalue weighted by atomic mass is 10.1. The summed E-state index contributed by atoms with van der Waals surface area (Å²) in [5.41, 5.74) is 0.855. The van der Waals surface area contributed by atoms with Gasteiger partial charge < -0.3 is 9.47 Å². The van der Waals surface area contributed by atoms with Crippen LogP contribution in [0.4, 0.5) is 5.95 Å². The number of fused-ring (bicyclic) bond motifs is 1. The second kappa shape index (κ2) is 6.63. The van der Waals surface area contributed by atoms with E-state index in [-0.39, 0.29) is 24.8 Å². The molecule has 0 radical (unpaired) electrons. The molecule has 0 unspecified atom stereocenters. The number of amides is 1. The Morgan fingerprint density at radius 2 is 1.92 bits per heavy atom. The van der Waals surface area contributed by atoms with Gasteiger partial charge in [-0.15, -0.1) is 0 Å². The van der Waals surface area contributed by atoms with Crippen LogP contribution in [0.1, 0.15) is 0 Å². The predicted octanol–water partition coefficient (Wildman–Crippen LogP) is 1.07. The Morgan fingerprint density at radius 3 is 2.73 bits per heavy atom. The first-order valence-corrected chi connectivity index (χ1v) is 7.72. The van der Waals surface area contributed by atoms with Gasteiger partial charge in [-0.2, -0.15) is 0 Å². The van der Waals surface area contributed by atoms with Crippen LogP contribution in [0.25, 0.3) is 11.3 Å². The van der Waals surface area contributed by atoms with E-state index in [0.29, 0.717) is 17.2 Å². The summed E-state index contributed by atoms with van der Waals surface area (Å²) in [7, 11) is 0. The maximum absolute atomic E-state index is 12.3. The predicted molar refractivity (Wildman–Crippen MR) is 90.7 cm³/mol. The molecule has 9 nitrogen and oxygen atoms in total. The van der Waals surface area contributed by atoms with Crippen molar-refractivity contribution in [2.75, 3.05) is 12.1 Å². The quantitative estimate of drug-likeness (QED) is 0.749. The summed E-state index contributed by atoms with van der Waals surface area (Å²) in [6, 6.07) is 8.31. The van der Waals surface area contributed by atoms with Crippen molar-refractivity contribution in [3.8, 4) is 22.8 Å². The van der Waals surface area contributed by atoms with E-state index >= 15 is 0 Å². The monoisotopic (exact) mass is 351 g/mol. The van der Waals surface area contributed by atoms with Gasteiger partial charge in [-0.25, -0.2) is 15.0 Å². The third-order valence-corrected chi connectivity index (χ3v) is 3.68. The van der Waals surface area contributed by atoms with Crippen molar-refractivity contribution < 1.29 is 14.3 Å². The molecule has 9 heteroatoms. The van der Waals surface area contributed by atoms with Gasteiger partial charge in [0, 0.05) is 24.0 Å². The van der Waals surface area contributed by atoms with E-state index in [1.807, 2.05) is 0 Å². The zero-order valence-corrected chi connectivity index (χ0v) is 13.5. The summed E-state index contributed by atoms with van der Waals surface area (Å²) < 4.78 is 11.8. The summed E-state index contributed by atoms with van der Waals surface area (Å²) in [4.78, 5) is 36.3. The molecule has 0 saturated carbocycles. The third kappa shape index (κ3) is 3.22. The molecule has 4 rings (SSSR count). The summed E-state index contributed by atoms with van der Waals surface area (Å²) in [5, 5.41) is 2.51. The Kier molecular flexibility index (Phi) is 4.02. The minimum absolute atomic E-state index is 0.175. The number of benzene rings is 1. The van der Waals surface area contributed by atoms with Crippen LogP contribution in [0.2, 0.25) is 0 Å². The summed E-state index contributed by atoms with van der Waals surface area (Å²) in [6.07, 6.45) is 4.35. The second-order valence-electron chi connectivity index (χ2n) is 5.43. The zero-order valence-electron chi connectivity index (χ0n) is 13.5. The van der Waals surface area contributed by atoms with Gasteiger partial charge in [0.15, 0.2) is 11.5 Å². The molecule has 0 fully saturated rings. The highest BCUT2D eigenvalue weighted by Crippen LogP contribution is 2.35. The maximum Gasteiger partial charge on any atom is 0.254 e. The van der Waals surface area contributed by atoms with E-state index in [9.17, 15) is 9.59 Å². The standard InChI is InChI=1S/C17H13N5O4/c23-15(21-17-18-4-1-5-19-17)8-22-9-20-12(7-16(22)24)11-2-3-13-14(6-11)26-10-25-13/h1-7,9H,8,10H2,(H,18,19,21,23). The molecule has 0 bridgehead atoms. The van der Waals surface area contributed by atoms with Crippen LogP contribution >= 0.6 is 0 Å². The molecule has 1 N–H and O–H groups in total. The fourth-order valence-corrected chi connectivity index (χ4v) is 2.44. The highest BCUT2D eigenvalue weighted by molar-refractivity contribution is 5.88. The molecule has 3 heterocycles. The normalized spacial score (nSPS) is 12.0. The van der Waals surface area contributed by atoms with Crippen molar-refractivity contribution in [2.45, 2.75) is 6.54 Å². The number of hydrogen-bond donors (Lipinski definition) is 1. The van der Waals surface area contributed by atoms with Crippen molar-refractivity contribution in [3.05, 3.63) is 59.4 Å². The number of nitrogens with zero attached hydrogens (tertiary/aromatic N) is 4. The number of nitrogens with one attached hydrogen (secondary N) is 1. The van der Waals surface area contributed by atoms with Gasteiger partial charge in [-0.1, -0.05) is 0 Å². The highest BCUT2D eigenvalue weighted by Gasteiger charge is 2.15. The second-order valence-corrected chi connectivity index (χ2v) is 5.43. The van der Waals surface area contributed by atoms with Gasteiger partial charge in [0.1, 0.15) is 6.54 Å². The maximum atomic E-state index is 12.3. The fourth-order valence-electron chi connectivity index (χ4n) is 2.44. The SMILES string of the molecule is O=C(Cn1cnc(-c2ccc3c(c2)OCO3)cc1=O)Nc1ncccn1. The van der Waals surface area contributed by atoms with Crippen molar-refractivity contribution in [1.82, 2.24) is 19.5 Å². The minimum atomic E-state index is -0.420. The van der Waals surface area contributed by atoms with Crippen LogP contribution in [0.5, 0.6) is 11.5 Å². The average Bonchev–Trinajstić information content (AvgIpc) is 3.12. The van der Waals surface area contributed by atoms with Gasteiger partial charge in [-0.05, 0) is 24.3 Å². The van der Waals surface area contributed by atoms with Crippen LogP contribution < -0.4 is 20.3 Å². The van der Waals surface area contributed by atoms with E-state index in [2.05, 4.69) is 20.3 Å². The number of carbonyl (C=O) groups excluding carboxylic acids is 1. The third-order valence-electron chi connectivity index (χ3n) is 3.68. The molecule has 130 valence electrons. The molecule has 1 aliphatic rings. The minimum Gasteiger partial charge on any atom is -0.454 e. The van der Waals surface area contributed by atoms with Crippen molar-refractivity contribution in [3.63, 3.8) is 0 Å². The number of rotatable bonds is 4. The smallest absolute Gasteiger partial charge is 0.254 e. The summed E-state index contributed by atoms with van der Waals surface area (Å²) in [6.45, 7) is -0.0143. The first kappa shape index (κ1) is 15.8. The Morgan fingerprint density at radius 1 is 1.12 bits per heavy atom. The molecule has 0 saturated heterocycles. The largest absolute Gasteiger partial charge is 0.454 e. The van der Waals surface area contributed by atoms with E-state index in [1.165, 1.54) is 29.4 Å². The lowest BCUT2D eigenvalue weighted by molar-refractivity contribution is -0.116. The van der Waals surface area contributed by atoms with Crippen LogP contribution in [0, 0.1) is 0 Å². The van der Waals surface area contributed by atoms with E-state index in [0.717, 1.165) is 5.56 Å². The summed E-state index contributed by atoms with van der Waals surface area (Å²) >= 11 is 0. The first-order valence-electron chi connectivity index (χ1n) is 7.72. The molecule has 2 aromatic heterocycles. The van der Waals surface area contributed by atoms with Gasteiger partial charge in [-0.3, -0.25) is 19.5 Å². The number of hydrogen-bond acceptors (Lipinski definition) is 7. The van der Waals surface area contributed by atoms with Crippen LogP contribution in [0.15, 0.2) is 53.8 Å². The van der Waals surface area contributed by atoms with Crippen LogP contribution in [-0.2, 0) is 11.3 Å². The van der Waals surface area contributed by atoms with Crippen molar-refractivity contribution in [1.29, 1.82) is 0 Å². The fraction of sp³-hybridized carbons (Fsp3) is 0.118. The molecule has 1 aliphatic heterocycles. The van der Waals surface area contributed by atoms with Gasteiger partial charge in [0.25, 0.3) is 5.56 Å². The molecule has 0 aliphatic carbocycles. The molecule has 26 heavy (non-hydrogen) atoms. The molecule has 1 aromatic carbocycles. The number of aromatic nitrogens is 4. The van der Waals surface area contributed by atoms with Gasteiger partial charge in [0.2, 0.25) is 18.6 Å². The van der Waals surface area contributed by atoms with E-state index in [1.54, 1.807) is 24.3 Å². The molecule has 3 aromatic rings. The lowest BCUT2D eigenvalue weighted by Crippen LogP contribution is -2.28. The van der Waals surface area contributed by atoms with E-state index < -0.39 is 5.91 Å². The Balaban J connectivity index is 1.51. The van der Waals surface area contributed by atoms with Gasteiger partial charge in [0.05, 0.1) is 12.0 Å². The van der Waals surface area contributed by atoms with Crippen molar-refractivity contribution in [2.24, 2.45) is 0 Å². The first-order chi connectivity index (χ1) is 12.7. The zero-order chi connectivity index (χ0) is 17.9. The average molecular weight is 351 g/mol. The number of anilines is 1. The van der Waals surface area contributed by atoms with Gasteiger partial charge >= 0.3 is 0 Å². The Hall–Kier alpha value is -3.75. The number of carbonyl (C=O) groups is 1. The molecular weight excluding hydrogens is 338 g/mol. The molecule has 0 atom stereocenters. The van der Waals surface area contributed by atoms with E-state index in [4.69, 9.17) is 9.47 Å². The topological polar surface area (TPSA) is 108 Å². The highest BCUT2D eigenvalue weighted by atomic mass is 16.7. The van der Waals surface area contributed by atoms with Crippen molar-refractivity contribution >= 4 is 11.9 Å². The Bertz CT molecular complexity index is 1020. The molecule has 1 amide bonds. The Labute approximate surface area is 147 Å². The van der Waals surface area contributed by atoms with Crippen LogP contribution in [0.3, 0.4) is 0 Å². The molecular formula is C17H13N5O4. The number of ether oxygens (including phenoxy) is 2. The summed E-state index contributed by atoms with van der Waals surface area (Å²) in [5.74, 6) is 1.02.